The first kappa shape index (κ1) is 11.2. The van der Waals surface area contributed by atoms with Gasteiger partial charge in [0.25, 0.3) is 0 Å². The molecule has 86 valence electrons. The molecule has 2 nitrogen and oxygen atoms in total. The van der Waals surface area contributed by atoms with Gasteiger partial charge in [-0.3, -0.25) is 0 Å². The van der Waals surface area contributed by atoms with Gasteiger partial charge in [-0.25, -0.2) is 0 Å². The van der Waals surface area contributed by atoms with Crippen LogP contribution in [0.2, 0.25) is 0 Å². The molecule has 1 aliphatic heterocycles. The van der Waals surface area contributed by atoms with Gasteiger partial charge >= 0.3 is 0 Å². The molecule has 16 heavy (non-hydrogen) atoms. The fourth-order valence-electron chi connectivity index (χ4n) is 2.35. The molecule has 0 radical (unpaired) electrons. The van der Waals surface area contributed by atoms with E-state index in [0.29, 0.717) is 6.04 Å². The van der Waals surface area contributed by atoms with Gasteiger partial charge in [0.15, 0.2) is 0 Å². The first-order valence-electron chi connectivity index (χ1n) is 6.17. The molecule has 0 amide bonds. The van der Waals surface area contributed by atoms with Crippen molar-refractivity contribution < 1.29 is 0 Å². The van der Waals surface area contributed by atoms with E-state index < -0.39 is 0 Å². The normalized spacial score (nSPS) is 18.8. The summed E-state index contributed by atoms with van der Waals surface area (Å²) in [6, 6.07) is 11.2. The number of rotatable bonds is 0. The molecular weight excluding hydrogens is 196 g/mol. The number of fused-ring (bicyclic) bond motifs is 3. The average Bonchev–Trinajstić information content (AvgIpc) is 2.70. The van der Waals surface area contributed by atoms with Gasteiger partial charge in [0.1, 0.15) is 0 Å². The Morgan fingerprint density at radius 1 is 1.25 bits per heavy atom. The monoisotopic (exact) mass is 216 g/mol. The van der Waals surface area contributed by atoms with E-state index in [1.165, 1.54) is 16.6 Å². The number of nitrogens with two attached hydrogens (primary N) is 1. The zero-order chi connectivity index (χ0) is 11.5. The van der Waals surface area contributed by atoms with E-state index in [4.69, 9.17) is 5.73 Å². The molecule has 0 aliphatic carbocycles. The van der Waals surface area contributed by atoms with Gasteiger partial charge in [0.2, 0.25) is 0 Å². The lowest BCUT2D eigenvalue weighted by Gasteiger charge is -2.21. The lowest BCUT2D eigenvalue weighted by atomic mass is 10.1. The summed E-state index contributed by atoms with van der Waals surface area (Å²) in [5, 5.41) is 1.34. The molecule has 2 aromatic rings. The van der Waals surface area contributed by atoms with Gasteiger partial charge in [-0.05, 0) is 30.4 Å². The Balaban J connectivity index is 0.000000457. The fraction of sp³-hybridized carbons (Fsp3) is 0.429. The number of nitrogens with zero attached hydrogens (tertiary/aromatic N) is 1. The van der Waals surface area contributed by atoms with Crippen molar-refractivity contribution in [1.29, 1.82) is 0 Å². The number of aryl methyl sites for hydroxylation is 1. The van der Waals surface area contributed by atoms with Gasteiger partial charge in [-0.1, -0.05) is 32.0 Å². The van der Waals surface area contributed by atoms with E-state index in [0.717, 1.165) is 19.4 Å². The SMILES string of the molecule is CC.NC1CCc2cc3ccccc3n2C1. The smallest absolute Gasteiger partial charge is 0.0483 e. The Kier molecular flexibility index (Phi) is 3.30. The van der Waals surface area contributed by atoms with Crippen molar-refractivity contribution >= 4 is 10.9 Å². The van der Waals surface area contributed by atoms with Gasteiger partial charge in [-0.2, -0.15) is 0 Å². The van der Waals surface area contributed by atoms with Crippen LogP contribution >= 0.6 is 0 Å². The minimum atomic E-state index is 0.332. The van der Waals surface area contributed by atoms with Crippen LogP contribution in [0, 0.1) is 0 Å². The molecule has 2 N–H and O–H groups in total. The summed E-state index contributed by atoms with van der Waals surface area (Å²) < 4.78 is 2.36. The molecule has 1 aliphatic rings. The van der Waals surface area contributed by atoms with Crippen molar-refractivity contribution in [3.8, 4) is 0 Å². The van der Waals surface area contributed by atoms with Crippen molar-refractivity contribution in [2.45, 2.75) is 39.3 Å². The molecular formula is C14H20N2. The highest BCUT2D eigenvalue weighted by Gasteiger charge is 2.16. The summed E-state index contributed by atoms with van der Waals surface area (Å²) >= 11 is 0. The second-order valence-corrected chi connectivity index (χ2v) is 4.10. The van der Waals surface area contributed by atoms with E-state index >= 15 is 0 Å². The van der Waals surface area contributed by atoms with Crippen molar-refractivity contribution in [2.24, 2.45) is 5.73 Å². The van der Waals surface area contributed by atoms with Gasteiger partial charge in [0.05, 0.1) is 0 Å². The third-order valence-corrected chi connectivity index (χ3v) is 3.08. The first-order valence-corrected chi connectivity index (χ1v) is 6.17. The van der Waals surface area contributed by atoms with Crippen molar-refractivity contribution in [3.63, 3.8) is 0 Å². The van der Waals surface area contributed by atoms with Gasteiger partial charge in [-0.15, -0.1) is 0 Å². The van der Waals surface area contributed by atoms with Crippen LogP contribution in [0.1, 0.15) is 26.0 Å². The number of hydrogen-bond donors (Lipinski definition) is 1. The topological polar surface area (TPSA) is 30.9 Å². The summed E-state index contributed by atoms with van der Waals surface area (Å²) in [4.78, 5) is 0. The minimum absolute atomic E-state index is 0.332. The molecule has 1 unspecified atom stereocenters. The van der Waals surface area contributed by atoms with E-state index in [9.17, 15) is 0 Å². The maximum atomic E-state index is 5.98. The molecule has 0 fully saturated rings. The van der Waals surface area contributed by atoms with Crippen molar-refractivity contribution in [1.82, 2.24) is 4.57 Å². The predicted octanol–water partition coefficient (Wildman–Crippen LogP) is 2.94. The van der Waals surface area contributed by atoms with Crippen LogP contribution in [-0.4, -0.2) is 10.6 Å². The van der Waals surface area contributed by atoms with Crippen molar-refractivity contribution in [3.05, 3.63) is 36.0 Å². The molecule has 0 spiro atoms. The van der Waals surface area contributed by atoms with Gasteiger partial charge < -0.3 is 10.3 Å². The Bertz CT molecular complexity index is 471. The lowest BCUT2D eigenvalue weighted by Crippen LogP contribution is -2.31. The van der Waals surface area contributed by atoms with Gasteiger partial charge in [0, 0.05) is 23.8 Å². The zero-order valence-electron chi connectivity index (χ0n) is 10.1. The summed E-state index contributed by atoms with van der Waals surface area (Å²) in [5.41, 5.74) is 8.75. The zero-order valence-corrected chi connectivity index (χ0v) is 10.1. The number of aromatic nitrogens is 1. The summed E-state index contributed by atoms with van der Waals surface area (Å²) in [6.45, 7) is 4.98. The van der Waals surface area contributed by atoms with Crippen molar-refractivity contribution in [2.75, 3.05) is 0 Å². The number of hydrogen-bond acceptors (Lipinski definition) is 1. The largest absolute Gasteiger partial charge is 0.343 e. The molecule has 1 aromatic heterocycles. The average molecular weight is 216 g/mol. The summed E-state index contributed by atoms with van der Waals surface area (Å²) in [5.74, 6) is 0. The van der Waals surface area contributed by atoms with Crippen LogP contribution < -0.4 is 5.73 Å². The third-order valence-electron chi connectivity index (χ3n) is 3.08. The molecule has 0 saturated carbocycles. The van der Waals surface area contributed by atoms with Crippen LogP contribution in [0.25, 0.3) is 10.9 Å². The Hall–Kier alpha value is -1.28. The Morgan fingerprint density at radius 3 is 2.81 bits per heavy atom. The standard InChI is InChI=1S/C12H14N2.C2H6/c13-10-5-6-11-7-9-3-1-2-4-12(9)14(11)8-10;1-2/h1-4,7,10H,5-6,8,13H2;1-2H3. The highest BCUT2D eigenvalue weighted by molar-refractivity contribution is 5.81. The second-order valence-electron chi connectivity index (χ2n) is 4.10. The Labute approximate surface area is 97.1 Å². The van der Waals surface area contributed by atoms with Crippen LogP contribution in [0.3, 0.4) is 0 Å². The fourth-order valence-corrected chi connectivity index (χ4v) is 2.35. The molecule has 3 rings (SSSR count). The highest BCUT2D eigenvalue weighted by atomic mass is 15.0. The predicted molar refractivity (Wildman–Crippen MR) is 69.6 cm³/mol. The summed E-state index contributed by atoms with van der Waals surface area (Å²) in [7, 11) is 0. The third kappa shape index (κ3) is 1.85. The number of para-hydroxylation sites is 1. The highest BCUT2D eigenvalue weighted by Crippen LogP contribution is 2.24. The van der Waals surface area contributed by atoms with E-state index in [1.807, 2.05) is 13.8 Å². The van der Waals surface area contributed by atoms with E-state index in [-0.39, 0.29) is 0 Å². The molecule has 2 heterocycles. The quantitative estimate of drug-likeness (QED) is 0.721. The maximum Gasteiger partial charge on any atom is 0.0483 e. The number of benzene rings is 1. The molecule has 1 atom stereocenters. The lowest BCUT2D eigenvalue weighted by molar-refractivity contribution is 0.470. The first-order chi connectivity index (χ1) is 7.84. The second kappa shape index (κ2) is 4.71. The van der Waals surface area contributed by atoms with Crippen LogP contribution in [-0.2, 0) is 13.0 Å². The van der Waals surface area contributed by atoms with Crippen LogP contribution in [0.5, 0.6) is 0 Å². The van der Waals surface area contributed by atoms with E-state index in [2.05, 4.69) is 34.9 Å². The summed E-state index contributed by atoms with van der Waals surface area (Å²) in [6.07, 6.45) is 2.24. The maximum absolute atomic E-state index is 5.98. The molecule has 0 saturated heterocycles. The van der Waals surface area contributed by atoms with Crippen LogP contribution in [0.15, 0.2) is 30.3 Å². The van der Waals surface area contributed by atoms with E-state index in [1.54, 1.807) is 0 Å². The molecule has 0 bridgehead atoms. The Morgan fingerprint density at radius 2 is 2.00 bits per heavy atom. The van der Waals surface area contributed by atoms with Crippen LogP contribution in [0.4, 0.5) is 0 Å². The molecule has 2 heteroatoms. The minimum Gasteiger partial charge on any atom is -0.343 e. The molecule has 1 aromatic carbocycles.